The zero-order valence-electron chi connectivity index (χ0n) is 11.7. The molecule has 0 amide bonds. The van der Waals surface area contributed by atoms with Crippen LogP contribution in [0.15, 0.2) is 0 Å². The fourth-order valence-corrected chi connectivity index (χ4v) is 2.14. The summed E-state index contributed by atoms with van der Waals surface area (Å²) in [4.78, 5) is 2.32. The van der Waals surface area contributed by atoms with E-state index in [1.54, 1.807) is 7.11 Å². The quantitative estimate of drug-likeness (QED) is 0.690. The number of likely N-dealkylation sites (tertiary alicyclic amines) is 1. The molecule has 1 aliphatic rings. The van der Waals surface area contributed by atoms with Crippen LogP contribution in [0.2, 0.25) is 0 Å². The van der Waals surface area contributed by atoms with Crippen molar-refractivity contribution in [3.05, 3.63) is 0 Å². The van der Waals surface area contributed by atoms with Gasteiger partial charge in [0.15, 0.2) is 0 Å². The van der Waals surface area contributed by atoms with Crippen molar-refractivity contribution in [1.82, 2.24) is 10.2 Å². The molecule has 4 nitrogen and oxygen atoms in total. The average molecular weight is 244 g/mol. The SMILES string of the molecule is COCC(CNCC(C)C)OC1CCN(C)C1. The number of nitrogens with zero attached hydrogens (tertiary/aromatic N) is 1. The molecule has 17 heavy (non-hydrogen) atoms. The van der Waals surface area contributed by atoms with Gasteiger partial charge in [0, 0.05) is 26.7 Å². The molecule has 2 atom stereocenters. The van der Waals surface area contributed by atoms with Crippen LogP contribution in [0.25, 0.3) is 0 Å². The second-order valence-corrected chi connectivity index (χ2v) is 5.44. The van der Waals surface area contributed by atoms with Gasteiger partial charge in [-0.25, -0.2) is 0 Å². The Kier molecular flexibility index (Phi) is 7.04. The summed E-state index contributed by atoms with van der Waals surface area (Å²) in [6.07, 6.45) is 1.69. The van der Waals surface area contributed by atoms with E-state index < -0.39 is 0 Å². The van der Waals surface area contributed by atoms with Crippen molar-refractivity contribution in [2.24, 2.45) is 5.92 Å². The van der Waals surface area contributed by atoms with Crippen LogP contribution in [0.4, 0.5) is 0 Å². The fourth-order valence-electron chi connectivity index (χ4n) is 2.14. The van der Waals surface area contributed by atoms with E-state index in [9.17, 15) is 0 Å². The zero-order valence-corrected chi connectivity index (χ0v) is 11.7. The molecule has 1 rings (SSSR count). The molecule has 102 valence electrons. The Bertz CT molecular complexity index is 200. The van der Waals surface area contributed by atoms with Gasteiger partial charge >= 0.3 is 0 Å². The Morgan fingerprint density at radius 2 is 2.12 bits per heavy atom. The van der Waals surface area contributed by atoms with Gasteiger partial charge in [0.2, 0.25) is 0 Å². The van der Waals surface area contributed by atoms with Crippen molar-refractivity contribution < 1.29 is 9.47 Å². The highest BCUT2D eigenvalue weighted by atomic mass is 16.5. The molecular weight excluding hydrogens is 216 g/mol. The van der Waals surface area contributed by atoms with Gasteiger partial charge in [-0.15, -0.1) is 0 Å². The first-order chi connectivity index (χ1) is 8.11. The van der Waals surface area contributed by atoms with Crippen LogP contribution in [0.1, 0.15) is 20.3 Å². The highest BCUT2D eigenvalue weighted by Crippen LogP contribution is 2.12. The lowest BCUT2D eigenvalue weighted by atomic mass is 10.2. The third-order valence-corrected chi connectivity index (χ3v) is 3.01. The number of likely N-dealkylation sites (N-methyl/N-ethyl adjacent to an activating group) is 1. The average Bonchev–Trinajstić information content (AvgIpc) is 2.63. The van der Waals surface area contributed by atoms with Crippen molar-refractivity contribution in [2.45, 2.75) is 32.5 Å². The van der Waals surface area contributed by atoms with E-state index in [0.717, 1.165) is 32.6 Å². The summed E-state index contributed by atoms with van der Waals surface area (Å²) in [6.45, 7) is 9.20. The van der Waals surface area contributed by atoms with Crippen molar-refractivity contribution in [3.8, 4) is 0 Å². The van der Waals surface area contributed by atoms with Gasteiger partial charge in [-0.3, -0.25) is 0 Å². The molecule has 1 N–H and O–H groups in total. The topological polar surface area (TPSA) is 33.7 Å². The summed E-state index contributed by atoms with van der Waals surface area (Å²) in [5, 5.41) is 3.44. The van der Waals surface area contributed by atoms with Crippen molar-refractivity contribution in [2.75, 3.05) is 46.9 Å². The summed E-state index contributed by atoms with van der Waals surface area (Å²) in [7, 11) is 3.88. The molecule has 1 heterocycles. The lowest BCUT2D eigenvalue weighted by molar-refractivity contribution is -0.0416. The van der Waals surface area contributed by atoms with Gasteiger partial charge in [-0.05, 0) is 25.9 Å². The minimum absolute atomic E-state index is 0.176. The molecule has 0 bridgehead atoms. The molecule has 0 saturated carbocycles. The van der Waals surface area contributed by atoms with Crippen LogP contribution in [0.3, 0.4) is 0 Å². The van der Waals surface area contributed by atoms with E-state index in [0.29, 0.717) is 18.6 Å². The van der Waals surface area contributed by atoms with Gasteiger partial charge in [-0.1, -0.05) is 13.8 Å². The maximum atomic E-state index is 6.07. The molecule has 0 aromatic heterocycles. The first-order valence-electron chi connectivity index (χ1n) is 6.65. The third kappa shape index (κ3) is 6.36. The molecule has 0 spiro atoms. The van der Waals surface area contributed by atoms with Gasteiger partial charge in [0.1, 0.15) is 0 Å². The zero-order chi connectivity index (χ0) is 12.7. The Balaban J connectivity index is 2.22. The summed E-state index contributed by atoms with van der Waals surface area (Å²) >= 11 is 0. The molecule has 4 heteroatoms. The van der Waals surface area contributed by atoms with Gasteiger partial charge in [0.05, 0.1) is 18.8 Å². The summed E-state index contributed by atoms with van der Waals surface area (Å²) in [6, 6.07) is 0. The highest BCUT2D eigenvalue weighted by molar-refractivity contribution is 4.75. The number of methoxy groups -OCH3 is 1. The largest absolute Gasteiger partial charge is 0.382 e. The molecular formula is C13H28N2O2. The molecule has 0 radical (unpaired) electrons. The predicted octanol–water partition coefficient (Wildman–Crippen LogP) is 0.968. The van der Waals surface area contributed by atoms with Crippen molar-refractivity contribution >= 4 is 0 Å². The van der Waals surface area contributed by atoms with Gasteiger partial charge in [0.25, 0.3) is 0 Å². The Labute approximate surface area is 106 Å². The summed E-state index contributed by atoms with van der Waals surface area (Å²) in [5.41, 5.74) is 0. The van der Waals surface area contributed by atoms with E-state index >= 15 is 0 Å². The number of rotatable bonds is 8. The maximum absolute atomic E-state index is 6.07. The van der Waals surface area contributed by atoms with E-state index in [2.05, 4.69) is 31.1 Å². The highest BCUT2D eigenvalue weighted by Gasteiger charge is 2.23. The normalized spacial score (nSPS) is 23.5. The smallest absolute Gasteiger partial charge is 0.0936 e. The Morgan fingerprint density at radius 1 is 1.35 bits per heavy atom. The van der Waals surface area contributed by atoms with Crippen LogP contribution >= 0.6 is 0 Å². The van der Waals surface area contributed by atoms with Gasteiger partial charge < -0.3 is 19.7 Å². The van der Waals surface area contributed by atoms with Crippen molar-refractivity contribution in [3.63, 3.8) is 0 Å². The molecule has 0 aromatic rings. The lowest BCUT2D eigenvalue weighted by Crippen LogP contribution is -2.37. The number of hydrogen-bond donors (Lipinski definition) is 1. The maximum Gasteiger partial charge on any atom is 0.0936 e. The Morgan fingerprint density at radius 3 is 2.65 bits per heavy atom. The van der Waals surface area contributed by atoms with Crippen LogP contribution in [-0.4, -0.2) is 64.1 Å². The lowest BCUT2D eigenvalue weighted by Gasteiger charge is -2.22. The first kappa shape index (κ1) is 14.9. The van der Waals surface area contributed by atoms with Gasteiger partial charge in [-0.2, -0.15) is 0 Å². The van der Waals surface area contributed by atoms with Crippen LogP contribution in [0, 0.1) is 5.92 Å². The molecule has 1 fully saturated rings. The second-order valence-electron chi connectivity index (χ2n) is 5.44. The van der Waals surface area contributed by atoms with Crippen LogP contribution in [0.5, 0.6) is 0 Å². The molecule has 0 aliphatic carbocycles. The monoisotopic (exact) mass is 244 g/mol. The fraction of sp³-hybridized carbons (Fsp3) is 1.00. The van der Waals surface area contributed by atoms with Crippen molar-refractivity contribution in [1.29, 1.82) is 0 Å². The van der Waals surface area contributed by atoms with Crippen LogP contribution in [-0.2, 0) is 9.47 Å². The number of hydrogen-bond acceptors (Lipinski definition) is 4. The first-order valence-corrected chi connectivity index (χ1v) is 6.65. The minimum atomic E-state index is 0.176. The minimum Gasteiger partial charge on any atom is -0.382 e. The predicted molar refractivity (Wildman–Crippen MR) is 70.4 cm³/mol. The number of ether oxygens (including phenoxy) is 2. The molecule has 1 saturated heterocycles. The molecule has 2 unspecified atom stereocenters. The summed E-state index contributed by atoms with van der Waals surface area (Å²) < 4.78 is 11.3. The molecule has 0 aromatic carbocycles. The standard InChI is InChI=1S/C13H28N2O2/c1-11(2)7-14-8-13(10-16-4)17-12-5-6-15(3)9-12/h11-14H,5-10H2,1-4H3. The third-order valence-electron chi connectivity index (χ3n) is 3.01. The summed E-state index contributed by atoms with van der Waals surface area (Å²) in [5.74, 6) is 0.677. The second kappa shape index (κ2) is 8.03. The molecule has 1 aliphatic heterocycles. The van der Waals surface area contributed by atoms with Crippen LogP contribution < -0.4 is 5.32 Å². The Hall–Kier alpha value is -0.160. The van der Waals surface area contributed by atoms with E-state index in [1.165, 1.54) is 0 Å². The van der Waals surface area contributed by atoms with E-state index in [1.807, 2.05) is 0 Å². The van der Waals surface area contributed by atoms with E-state index in [4.69, 9.17) is 9.47 Å². The number of nitrogens with one attached hydrogen (secondary N) is 1. The van der Waals surface area contributed by atoms with E-state index in [-0.39, 0.29) is 6.10 Å².